The molecule has 0 fully saturated rings. The number of amides is 2. The zero-order valence-corrected chi connectivity index (χ0v) is 38.5. The molecule has 2 aliphatic rings. The van der Waals surface area contributed by atoms with Crippen LogP contribution in [0.25, 0.3) is 45.0 Å². The van der Waals surface area contributed by atoms with Gasteiger partial charge in [0.15, 0.2) is 11.6 Å². The first-order valence-corrected chi connectivity index (χ1v) is 21.9. The maximum atomic E-state index is 13.0. The number of benzene rings is 4. The van der Waals surface area contributed by atoms with Gasteiger partial charge in [0.1, 0.15) is 34.8 Å². The molecule has 14 heteroatoms. The topological polar surface area (TPSA) is 163 Å². The normalized spacial score (nSPS) is 15.5. The van der Waals surface area contributed by atoms with Crippen molar-refractivity contribution in [3.63, 3.8) is 0 Å². The Hall–Kier alpha value is -7.48. The summed E-state index contributed by atoms with van der Waals surface area (Å²) in [5.41, 5.74) is 5.64. The molecule has 0 spiro atoms. The van der Waals surface area contributed by atoms with Crippen LogP contribution in [0.2, 0.25) is 0 Å². The third-order valence-electron chi connectivity index (χ3n) is 10.2. The molecule has 0 saturated carbocycles. The summed E-state index contributed by atoms with van der Waals surface area (Å²) in [6.45, 7) is 14.2. The van der Waals surface area contributed by atoms with Gasteiger partial charge in [-0.05, 0) is 41.5 Å². The van der Waals surface area contributed by atoms with Gasteiger partial charge in [-0.25, -0.2) is 29.5 Å². The van der Waals surface area contributed by atoms with Gasteiger partial charge < -0.3 is 18.9 Å². The molecule has 340 valence electrons. The summed E-state index contributed by atoms with van der Waals surface area (Å²) in [7, 11) is 0. The van der Waals surface area contributed by atoms with Crippen molar-refractivity contribution in [3.8, 4) is 45.0 Å². The molecule has 1 unspecified atom stereocenters. The third-order valence-corrected chi connectivity index (χ3v) is 10.2. The van der Waals surface area contributed by atoms with E-state index in [0.29, 0.717) is 71.7 Å². The maximum absolute atomic E-state index is 13.0. The lowest BCUT2D eigenvalue weighted by Crippen LogP contribution is -2.42. The number of ether oxygens (including phenoxy) is 4. The van der Waals surface area contributed by atoms with E-state index in [1.807, 2.05) is 163 Å². The Morgan fingerprint density at radius 2 is 0.727 bits per heavy atom. The summed E-state index contributed by atoms with van der Waals surface area (Å²) in [6, 6.07) is 38.8. The number of nitrogens with zero attached hydrogens (tertiary/aromatic N) is 6. The summed E-state index contributed by atoms with van der Waals surface area (Å²) in [5.74, 6) is -0.126. The largest absolute Gasteiger partial charge is 0.456 e. The van der Waals surface area contributed by atoms with Crippen LogP contribution in [0.3, 0.4) is 0 Å². The minimum atomic E-state index is -0.663. The first-order chi connectivity index (χ1) is 31.5. The van der Waals surface area contributed by atoms with Gasteiger partial charge in [-0.3, -0.25) is 19.4 Å². The van der Waals surface area contributed by atoms with E-state index in [-0.39, 0.29) is 0 Å². The van der Waals surface area contributed by atoms with Crippen molar-refractivity contribution in [2.45, 2.75) is 91.6 Å². The molecule has 4 aromatic carbocycles. The Bertz CT molecular complexity index is 2500. The predicted molar refractivity (Wildman–Crippen MR) is 251 cm³/mol. The van der Waals surface area contributed by atoms with Crippen molar-refractivity contribution in [3.05, 3.63) is 133 Å². The number of rotatable bonds is 6. The first-order valence-electron chi connectivity index (χ1n) is 21.9. The number of carbonyl (C=O) groups is 4. The van der Waals surface area contributed by atoms with Crippen LogP contribution in [-0.2, 0) is 28.5 Å². The van der Waals surface area contributed by atoms with Gasteiger partial charge in [-0.1, -0.05) is 121 Å². The Balaban J connectivity index is 0.000000196. The molecule has 0 bridgehead atoms. The molecule has 2 aromatic heterocycles. The van der Waals surface area contributed by atoms with Crippen molar-refractivity contribution in [1.29, 1.82) is 0 Å². The predicted octanol–water partition coefficient (Wildman–Crippen LogP) is 11.1. The average Bonchev–Trinajstić information content (AvgIpc) is 3.28. The van der Waals surface area contributed by atoms with Crippen LogP contribution in [0.1, 0.15) is 91.8 Å². The van der Waals surface area contributed by atoms with E-state index in [4.69, 9.17) is 38.9 Å². The second kappa shape index (κ2) is 19.7. The molecule has 0 radical (unpaired) electrons. The molecule has 66 heavy (non-hydrogen) atoms. The van der Waals surface area contributed by atoms with Crippen LogP contribution in [-0.4, -0.2) is 68.4 Å². The highest BCUT2D eigenvalue weighted by atomic mass is 16.6. The number of carbonyl (C=O) groups excluding carboxylic acids is 4. The molecule has 8 rings (SSSR count). The first kappa shape index (κ1) is 46.5. The molecule has 6 aromatic rings. The minimum absolute atomic E-state index is 0.299. The lowest BCUT2D eigenvalue weighted by Gasteiger charge is -2.34. The number of anilines is 2. The van der Waals surface area contributed by atoms with Gasteiger partial charge in [0.05, 0.1) is 22.8 Å². The van der Waals surface area contributed by atoms with Gasteiger partial charge in [-0.15, -0.1) is 0 Å². The number of hydrogen-bond acceptors (Lipinski definition) is 12. The second-order valence-corrected chi connectivity index (χ2v) is 17.8. The molecular weight excluding hydrogens is 837 g/mol. The monoisotopic (exact) mass is 890 g/mol. The van der Waals surface area contributed by atoms with Gasteiger partial charge in [0, 0.05) is 62.0 Å². The lowest BCUT2D eigenvalue weighted by molar-refractivity contribution is -0.148. The number of aromatic nitrogens is 4. The van der Waals surface area contributed by atoms with Gasteiger partial charge in [-0.2, -0.15) is 0 Å². The van der Waals surface area contributed by atoms with Crippen LogP contribution < -0.4 is 9.80 Å². The van der Waals surface area contributed by atoms with E-state index in [1.165, 1.54) is 23.6 Å². The second-order valence-electron chi connectivity index (χ2n) is 17.8. The summed E-state index contributed by atoms with van der Waals surface area (Å²) in [6.07, 6.45) is -1.41. The van der Waals surface area contributed by atoms with Crippen LogP contribution >= 0.6 is 0 Å². The molecule has 2 aliphatic heterocycles. The molecule has 0 saturated heterocycles. The van der Waals surface area contributed by atoms with Crippen LogP contribution in [0.4, 0.5) is 21.2 Å². The number of esters is 2. The van der Waals surface area contributed by atoms with Crippen LogP contribution in [0.15, 0.2) is 121 Å². The zero-order chi connectivity index (χ0) is 47.2. The van der Waals surface area contributed by atoms with Crippen LogP contribution in [0, 0.1) is 0 Å². The van der Waals surface area contributed by atoms with Crippen molar-refractivity contribution in [1.82, 2.24) is 19.9 Å². The van der Waals surface area contributed by atoms with E-state index in [0.717, 1.165) is 22.3 Å². The molecule has 2 atom stereocenters. The highest BCUT2D eigenvalue weighted by Crippen LogP contribution is 2.41. The third kappa shape index (κ3) is 11.2. The summed E-state index contributed by atoms with van der Waals surface area (Å²) >= 11 is 0. The molecular formula is C52H54N6O8. The van der Waals surface area contributed by atoms with E-state index in [2.05, 4.69) is 0 Å². The van der Waals surface area contributed by atoms with E-state index in [1.54, 1.807) is 0 Å². The van der Waals surface area contributed by atoms with E-state index < -0.39 is 47.5 Å². The lowest BCUT2D eigenvalue weighted by atomic mass is 10.0. The van der Waals surface area contributed by atoms with Crippen molar-refractivity contribution < 1.29 is 38.1 Å². The molecule has 0 N–H and O–H groups in total. The Labute approximate surface area is 385 Å². The highest BCUT2D eigenvalue weighted by Gasteiger charge is 2.38. The Morgan fingerprint density at radius 1 is 0.455 bits per heavy atom. The SMILES string of the molecule is CC(=O)OC1CCN(C(=O)OC(C)(C)C)c2nc(-c3ccccc3)c(-c3ccccc3)nc21.CC(=O)O[C@H]1CCN(C(=O)OC(C)(C)C)c2nc(-c3ccccc3)c(-c3ccccc3)nc21. The van der Waals surface area contributed by atoms with E-state index in [9.17, 15) is 19.2 Å². The van der Waals surface area contributed by atoms with Gasteiger partial charge in [0.2, 0.25) is 0 Å². The standard InChI is InChI=1S/2C26H27N3O4/c2*1-17(30)32-20-15-16-29(25(31)33-26(2,3)4)24-23(20)27-21(18-11-7-5-8-12-18)22(28-24)19-13-9-6-10-14-19/h2*5-14,20H,15-16H2,1-4H3/t20-;/m0./s1. The van der Waals surface area contributed by atoms with Crippen molar-refractivity contribution in [2.75, 3.05) is 22.9 Å². The van der Waals surface area contributed by atoms with Gasteiger partial charge in [0.25, 0.3) is 0 Å². The number of hydrogen-bond donors (Lipinski definition) is 0. The maximum Gasteiger partial charge on any atom is 0.416 e. The fourth-order valence-electron chi connectivity index (χ4n) is 7.50. The smallest absolute Gasteiger partial charge is 0.416 e. The summed E-state index contributed by atoms with van der Waals surface area (Å²) in [4.78, 5) is 72.3. The minimum Gasteiger partial charge on any atom is -0.456 e. The van der Waals surface area contributed by atoms with Gasteiger partial charge >= 0.3 is 24.1 Å². The Kier molecular flexibility index (Phi) is 13.9. The molecule has 0 aliphatic carbocycles. The fourth-order valence-corrected chi connectivity index (χ4v) is 7.50. The number of fused-ring (bicyclic) bond motifs is 2. The van der Waals surface area contributed by atoms with Crippen LogP contribution in [0.5, 0.6) is 0 Å². The molecule has 4 heterocycles. The Morgan fingerprint density at radius 3 is 0.985 bits per heavy atom. The summed E-state index contributed by atoms with van der Waals surface area (Å²) < 4.78 is 22.4. The molecule has 2 amide bonds. The fraction of sp³-hybridized carbons (Fsp3) is 0.308. The van der Waals surface area contributed by atoms with E-state index >= 15 is 0 Å². The average molecular weight is 891 g/mol. The summed E-state index contributed by atoms with van der Waals surface area (Å²) in [5, 5.41) is 0. The highest BCUT2D eigenvalue weighted by molar-refractivity contribution is 5.91. The zero-order valence-electron chi connectivity index (χ0n) is 38.5. The quantitative estimate of drug-likeness (QED) is 0.115. The molecule has 14 nitrogen and oxygen atoms in total. The van der Waals surface area contributed by atoms with Crippen molar-refractivity contribution in [2.24, 2.45) is 0 Å². The van der Waals surface area contributed by atoms with Crippen molar-refractivity contribution >= 4 is 35.8 Å².